The minimum Gasteiger partial charge on any atom is -0.382 e. The van der Waals surface area contributed by atoms with Crippen LogP contribution in [0.4, 0.5) is 18.9 Å². The SMILES string of the molecule is FC(F)(F)CCNc1c(Cl)cc(Cl)c2nsnc12. The zero-order valence-corrected chi connectivity index (χ0v) is 11.0. The molecule has 0 aliphatic heterocycles. The Balaban J connectivity index is 2.25. The van der Waals surface area contributed by atoms with Gasteiger partial charge in [0.15, 0.2) is 0 Å². The monoisotopic (exact) mass is 315 g/mol. The topological polar surface area (TPSA) is 37.8 Å². The Morgan fingerprint density at radius 3 is 2.50 bits per heavy atom. The Kier molecular flexibility index (Phi) is 3.84. The summed E-state index contributed by atoms with van der Waals surface area (Å²) in [6.45, 7) is -0.280. The summed E-state index contributed by atoms with van der Waals surface area (Å²) >= 11 is 12.7. The predicted octanol–water partition coefficient (Wildman–Crippen LogP) is 4.36. The van der Waals surface area contributed by atoms with Crippen molar-refractivity contribution in [1.82, 2.24) is 8.75 Å². The van der Waals surface area contributed by atoms with E-state index in [2.05, 4.69) is 14.1 Å². The quantitative estimate of drug-likeness (QED) is 0.914. The number of benzene rings is 1. The van der Waals surface area contributed by atoms with Crippen molar-refractivity contribution in [1.29, 1.82) is 0 Å². The van der Waals surface area contributed by atoms with Crippen LogP contribution in [0.2, 0.25) is 10.0 Å². The molecule has 18 heavy (non-hydrogen) atoms. The van der Waals surface area contributed by atoms with Crippen LogP contribution in [0.5, 0.6) is 0 Å². The van der Waals surface area contributed by atoms with Crippen molar-refractivity contribution in [3.63, 3.8) is 0 Å². The average Bonchev–Trinajstić information content (AvgIpc) is 2.70. The molecule has 0 radical (unpaired) electrons. The molecular formula is C9H6Cl2F3N3S. The summed E-state index contributed by atoms with van der Waals surface area (Å²) in [6, 6.07) is 1.43. The number of fused-ring (bicyclic) bond motifs is 1. The second-order valence-corrected chi connectivity index (χ2v) is 4.81. The van der Waals surface area contributed by atoms with Gasteiger partial charge in [0.2, 0.25) is 0 Å². The van der Waals surface area contributed by atoms with E-state index in [1.54, 1.807) is 0 Å². The molecular weight excluding hydrogens is 310 g/mol. The van der Waals surface area contributed by atoms with Gasteiger partial charge in [-0.05, 0) is 6.07 Å². The third-order valence-corrected chi connectivity index (χ3v) is 3.27. The van der Waals surface area contributed by atoms with Gasteiger partial charge in [0, 0.05) is 6.54 Å². The number of nitrogens with zero attached hydrogens (tertiary/aromatic N) is 2. The summed E-state index contributed by atoms with van der Waals surface area (Å²) in [5, 5.41) is 3.17. The predicted molar refractivity (Wildman–Crippen MR) is 66.6 cm³/mol. The molecule has 0 saturated heterocycles. The van der Waals surface area contributed by atoms with Gasteiger partial charge in [0.05, 0.1) is 33.9 Å². The number of alkyl halides is 3. The lowest BCUT2D eigenvalue weighted by Crippen LogP contribution is -2.14. The highest BCUT2D eigenvalue weighted by Crippen LogP contribution is 2.35. The summed E-state index contributed by atoms with van der Waals surface area (Å²) in [6.07, 6.45) is -5.17. The molecule has 0 spiro atoms. The molecule has 2 rings (SSSR count). The molecule has 1 aromatic heterocycles. The Morgan fingerprint density at radius 2 is 1.83 bits per heavy atom. The zero-order chi connectivity index (χ0) is 13.3. The van der Waals surface area contributed by atoms with Crippen molar-refractivity contribution in [3.8, 4) is 0 Å². The molecule has 0 bridgehead atoms. The van der Waals surface area contributed by atoms with Gasteiger partial charge in [-0.1, -0.05) is 23.2 Å². The number of hydrogen-bond donors (Lipinski definition) is 1. The molecule has 0 saturated carbocycles. The molecule has 3 nitrogen and oxygen atoms in total. The second kappa shape index (κ2) is 5.07. The highest BCUT2D eigenvalue weighted by atomic mass is 35.5. The number of nitrogens with one attached hydrogen (secondary N) is 1. The molecule has 9 heteroatoms. The van der Waals surface area contributed by atoms with Crippen LogP contribution in [-0.2, 0) is 0 Å². The maximum absolute atomic E-state index is 12.1. The van der Waals surface area contributed by atoms with Crippen LogP contribution in [0.1, 0.15) is 6.42 Å². The molecule has 2 aromatic rings. The highest BCUT2D eigenvalue weighted by molar-refractivity contribution is 7.00. The number of anilines is 1. The number of halogens is 5. The third kappa shape index (κ3) is 2.96. The van der Waals surface area contributed by atoms with Gasteiger partial charge >= 0.3 is 6.18 Å². The van der Waals surface area contributed by atoms with Gasteiger partial charge in [-0.2, -0.15) is 21.9 Å². The third-order valence-electron chi connectivity index (χ3n) is 2.15. The zero-order valence-electron chi connectivity index (χ0n) is 8.68. The van der Waals surface area contributed by atoms with E-state index in [1.807, 2.05) is 0 Å². The average molecular weight is 316 g/mol. The van der Waals surface area contributed by atoms with Crippen molar-refractivity contribution in [2.75, 3.05) is 11.9 Å². The van der Waals surface area contributed by atoms with Gasteiger partial charge in [-0.25, -0.2) is 0 Å². The fourth-order valence-electron chi connectivity index (χ4n) is 1.37. The minimum atomic E-state index is -4.22. The first-order valence-electron chi connectivity index (χ1n) is 4.79. The Hall–Kier alpha value is -0.790. The van der Waals surface area contributed by atoms with Crippen LogP contribution < -0.4 is 5.32 Å². The lowest BCUT2D eigenvalue weighted by Gasteiger charge is -2.11. The van der Waals surface area contributed by atoms with Crippen molar-refractivity contribution in [2.24, 2.45) is 0 Å². The van der Waals surface area contributed by atoms with E-state index in [0.717, 1.165) is 11.7 Å². The van der Waals surface area contributed by atoms with Crippen molar-refractivity contribution < 1.29 is 13.2 Å². The second-order valence-electron chi connectivity index (χ2n) is 3.47. The van der Waals surface area contributed by atoms with Crippen molar-refractivity contribution in [2.45, 2.75) is 12.6 Å². The lowest BCUT2D eigenvalue weighted by atomic mass is 10.2. The summed E-state index contributed by atoms with van der Waals surface area (Å²) in [5.41, 5.74) is 1.15. The number of hydrogen-bond acceptors (Lipinski definition) is 4. The maximum atomic E-state index is 12.1. The molecule has 0 unspecified atom stereocenters. The molecule has 1 N–H and O–H groups in total. The van der Waals surface area contributed by atoms with Gasteiger partial charge in [-0.3, -0.25) is 0 Å². The summed E-state index contributed by atoms with van der Waals surface area (Å²) < 4.78 is 44.1. The van der Waals surface area contributed by atoms with Gasteiger partial charge in [0.1, 0.15) is 11.0 Å². The summed E-state index contributed by atoms with van der Waals surface area (Å²) in [7, 11) is 0. The fourth-order valence-corrected chi connectivity index (χ4v) is 2.55. The van der Waals surface area contributed by atoms with Crippen LogP contribution in [0.25, 0.3) is 11.0 Å². The molecule has 1 heterocycles. The van der Waals surface area contributed by atoms with Crippen LogP contribution in [-0.4, -0.2) is 21.5 Å². The normalized spacial score (nSPS) is 12.1. The van der Waals surface area contributed by atoms with Crippen LogP contribution in [0.15, 0.2) is 6.07 Å². The first-order chi connectivity index (χ1) is 8.38. The molecule has 0 atom stereocenters. The van der Waals surface area contributed by atoms with Gasteiger partial charge in [-0.15, -0.1) is 0 Å². The molecule has 0 aliphatic rings. The molecule has 98 valence electrons. The van der Waals surface area contributed by atoms with Gasteiger partial charge < -0.3 is 5.32 Å². The van der Waals surface area contributed by atoms with E-state index in [0.29, 0.717) is 21.7 Å². The summed E-state index contributed by atoms with van der Waals surface area (Å²) in [4.78, 5) is 0. The van der Waals surface area contributed by atoms with E-state index < -0.39 is 12.6 Å². The van der Waals surface area contributed by atoms with Crippen LogP contribution in [0.3, 0.4) is 0 Å². The van der Waals surface area contributed by atoms with Gasteiger partial charge in [0.25, 0.3) is 0 Å². The molecule has 0 aliphatic carbocycles. The van der Waals surface area contributed by atoms with E-state index in [4.69, 9.17) is 23.2 Å². The number of rotatable bonds is 3. The highest BCUT2D eigenvalue weighted by Gasteiger charge is 2.26. The van der Waals surface area contributed by atoms with Crippen LogP contribution in [0, 0.1) is 0 Å². The summed E-state index contributed by atoms with van der Waals surface area (Å²) in [5.74, 6) is 0. The maximum Gasteiger partial charge on any atom is 0.390 e. The van der Waals surface area contributed by atoms with E-state index >= 15 is 0 Å². The van der Waals surface area contributed by atoms with E-state index in [1.165, 1.54) is 6.07 Å². The minimum absolute atomic E-state index is 0.224. The smallest absolute Gasteiger partial charge is 0.382 e. The molecule has 0 fully saturated rings. The lowest BCUT2D eigenvalue weighted by molar-refractivity contribution is -0.131. The fraction of sp³-hybridized carbons (Fsp3) is 0.333. The molecule has 0 amide bonds. The first kappa shape index (κ1) is 13.6. The van der Waals surface area contributed by atoms with Crippen LogP contribution >= 0.6 is 34.9 Å². The molecule has 1 aromatic carbocycles. The Bertz CT molecular complexity index is 570. The van der Waals surface area contributed by atoms with E-state index in [9.17, 15) is 13.2 Å². The van der Waals surface area contributed by atoms with E-state index in [-0.39, 0.29) is 11.6 Å². The number of aromatic nitrogens is 2. The first-order valence-corrected chi connectivity index (χ1v) is 6.28. The Morgan fingerprint density at radius 1 is 1.17 bits per heavy atom. The largest absolute Gasteiger partial charge is 0.390 e. The Labute approximate surface area is 114 Å². The van der Waals surface area contributed by atoms with Crippen molar-refractivity contribution in [3.05, 3.63) is 16.1 Å². The standard InChI is InChI=1S/C9H6Cl2F3N3S/c10-4-3-5(11)7-8(17-18-16-7)6(4)15-2-1-9(12,13)14/h3,15H,1-2H2. The van der Waals surface area contributed by atoms with Crippen molar-refractivity contribution >= 4 is 51.7 Å².